The zero-order chi connectivity index (χ0) is 19.7. The number of nitro groups is 1. The molecule has 0 bridgehead atoms. The van der Waals surface area contributed by atoms with Crippen LogP contribution in [0.3, 0.4) is 0 Å². The Morgan fingerprint density at radius 3 is 1.81 bits per heavy atom. The Morgan fingerprint density at radius 1 is 0.889 bits per heavy atom. The maximum atomic E-state index is 10.8. The minimum atomic E-state index is -0.294. The maximum absolute atomic E-state index is 10.8. The van der Waals surface area contributed by atoms with Gasteiger partial charge >= 0.3 is 0 Å². The molecule has 0 aromatic rings. The van der Waals surface area contributed by atoms with Gasteiger partial charge in [-0.1, -0.05) is 97.3 Å². The van der Waals surface area contributed by atoms with Crippen LogP contribution in [-0.2, 0) is 4.74 Å². The molecule has 1 aliphatic carbocycles. The van der Waals surface area contributed by atoms with Crippen LogP contribution in [0.5, 0.6) is 0 Å². The van der Waals surface area contributed by atoms with E-state index in [2.05, 4.69) is 6.92 Å². The molecule has 1 aliphatic rings. The Labute approximate surface area is 166 Å². The quantitative estimate of drug-likeness (QED) is 0.149. The van der Waals surface area contributed by atoms with Gasteiger partial charge in [0.05, 0.1) is 17.3 Å². The fourth-order valence-corrected chi connectivity index (χ4v) is 3.64. The van der Waals surface area contributed by atoms with E-state index in [9.17, 15) is 10.1 Å². The van der Waals surface area contributed by atoms with E-state index >= 15 is 0 Å². The number of rotatable bonds is 17. The molecule has 0 amide bonds. The number of ether oxygens (including phenoxy) is 1. The molecule has 27 heavy (non-hydrogen) atoms. The first-order valence-corrected chi connectivity index (χ1v) is 11.3. The molecule has 0 N–H and O–H groups in total. The summed E-state index contributed by atoms with van der Waals surface area (Å²) in [6.45, 7) is 5.00. The fourth-order valence-electron chi connectivity index (χ4n) is 3.64. The number of hydrogen-bond acceptors (Lipinski definition) is 3. The van der Waals surface area contributed by atoms with E-state index in [0.29, 0.717) is 6.42 Å². The van der Waals surface area contributed by atoms with Gasteiger partial charge < -0.3 is 4.74 Å². The Kier molecular flexibility index (Phi) is 13.8. The Bertz CT molecular complexity index is 457. The second-order valence-corrected chi connectivity index (χ2v) is 8.03. The molecule has 1 atom stereocenters. The molecule has 156 valence electrons. The lowest BCUT2D eigenvalue weighted by atomic mass is 9.98. The highest BCUT2D eigenvalue weighted by Gasteiger charge is 2.22. The van der Waals surface area contributed by atoms with Gasteiger partial charge in [0, 0.05) is 18.4 Å². The van der Waals surface area contributed by atoms with E-state index in [1.807, 2.05) is 6.92 Å². The zero-order valence-corrected chi connectivity index (χ0v) is 17.7. The molecule has 0 saturated carbocycles. The minimum Gasteiger partial charge on any atom is -0.498 e. The SMILES string of the molecule is CCCCCCCCCCCCCCCCOC1=CC=C([N+](=O)[O-])CC1C. The van der Waals surface area contributed by atoms with Gasteiger partial charge in [0.15, 0.2) is 0 Å². The van der Waals surface area contributed by atoms with E-state index in [4.69, 9.17) is 4.74 Å². The van der Waals surface area contributed by atoms with Crippen LogP contribution in [0.15, 0.2) is 23.6 Å². The molecule has 1 unspecified atom stereocenters. The molecule has 0 saturated heterocycles. The number of unbranched alkanes of at least 4 members (excludes halogenated alkanes) is 13. The van der Waals surface area contributed by atoms with Crippen molar-refractivity contribution in [1.29, 1.82) is 0 Å². The normalized spacial score (nSPS) is 16.7. The molecule has 4 nitrogen and oxygen atoms in total. The topological polar surface area (TPSA) is 52.4 Å². The third-order valence-electron chi connectivity index (χ3n) is 5.44. The average Bonchev–Trinajstić information content (AvgIpc) is 2.65. The molecule has 0 aromatic carbocycles. The highest BCUT2D eigenvalue weighted by atomic mass is 16.6. The standard InChI is InChI=1S/C23H41NO3/c1-3-4-5-6-7-8-9-10-11-12-13-14-15-16-19-27-23-18-17-22(24(25)26)20-21(23)2/h17-18,21H,3-16,19-20H2,1-2H3. The third kappa shape index (κ3) is 11.9. The van der Waals surface area contributed by atoms with Crippen LogP contribution in [0.4, 0.5) is 0 Å². The molecular weight excluding hydrogens is 338 g/mol. The lowest BCUT2D eigenvalue weighted by Gasteiger charge is -2.18. The fraction of sp³-hybridized carbons (Fsp3) is 0.826. The molecule has 0 aliphatic heterocycles. The third-order valence-corrected chi connectivity index (χ3v) is 5.44. The van der Waals surface area contributed by atoms with Crippen molar-refractivity contribution in [2.75, 3.05) is 6.61 Å². The van der Waals surface area contributed by atoms with Crippen molar-refractivity contribution in [3.63, 3.8) is 0 Å². The van der Waals surface area contributed by atoms with E-state index in [1.54, 1.807) is 12.2 Å². The number of allylic oxidation sites excluding steroid dienone is 4. The van der Waals surface area contributed by atoms with Crippen molar-refractivity contribution < 1.29 is 9.66 Å². The van der Waals surface area contributed by atoms with Crippen molar-refractivity contribution in [1.82, 2.24) is 0 Å². The minimum absolute atomic E-state index is 0.113. The van der Waals surface area contributed by atoms with Crippen LogP contribution >= 0.6 is 0 Å². The summed E-state index contributed by atoms with van der Waals surface area (Å²) in [6.07, 6.45) is 22.8. The van der Waals surface area contributed by atoms with Crippen LogP contribution in [0.2, 0.25) is 0 Å². The van der Waals surface area contributed by atoms with Gasteiger partial charge in [0.25, 0.3) is 0 Å². The summed E-state index contributed by atoms with van der Waals surface area (Å²) in [5.41, 5.74) is 0.284. The monoisotopic (exact) mass is 379 g/mol. The van der Waals surface area contributed by atoms with E-state index in [0.717, 1.165) is 18.8 Å². The van der Waals surface area contributed by atoms with Crippen molar-refractivity contribution in [3.8, 4) is 0 Å². The lowest BCUT2D eigenvalue weighted by Crippen LogP contribution is -2.13. The Balaban J connectivity index is 1.88. The van der Waals surface area contributed by atoms with E-state index in [1.165, 1.54) is 83.5 Å². The molecule has 1 rings (SSSR count). The predicted octanol–water partition coefficient (Wildman–Crippen LogP) is 7.57. The summed E-state index contributed by atoms with van der Waals surface area (Å²) < 4.78 is 5.82. The summed E-state index contributed by atoms with van der Waals surface area (Å²) in [6, 6.07) is 0. The van der Waals surface area contributed by atoms with Gasteiger partial charge in [-0.15, -0.1) is 0 Å². The average molecular weight is 380 g/mol. The van der Waals surface area contributed by atoms with Gasteiger partial charge in [-0.25, -0.2) is 0 Å². The molecule has 4 heteroatoms. The zero-order valence-electron chi connectivity index (χ0n) is 17.7. The first kappa shape index (κ1) is 23.7. The largest absolute Gasteiger partial charge is 0.498 e. The second kappa shape index (κ2) is 15.7. The summed E-state index contributed by atoms with van der Waals surface area (Å²) in [5, 5.41) is 10.8. The first-order chi connectivity index (χ1) is 13.1. The van der Waals surface area contributed by atoms with Crippen LogP contribution in [0.25, 0.3) is 0 Å². The van der Waals surface area contributed by atoms with Gasteiger partial charge in [0.2, 0.25) is 5.70 Å². The number of nitrogens with zero attached hydrogens (tertiary/aromatic N) is 1. The lowest BCUT2D eigenvalue weighted by molar-refractivity contribution is -0.429. The van der Waals surface area contributed by atoms with Gasteiger partial charge in [-0.2, -0.15) is 0 Å². The van der Waals surface area contributed by atoms with Crippen LogP contribution in [0, 0.1) is 16.0 Å². The summed E-state index contributed by atoms with van der Waals surface area (Å²) in [4.78, 5) is 10.5. The molecule has 0 heterocycles. The second-order valence-electron chi connectivity index (χ2n) is 8.03. The van der Waals surface area contributed by atoms with Crippen LogP contribution in [0.1, 0.15) is 110 Å². The van der Waals surface area contributed by atoms with Crippen LogP contribution < -0.4 is 0 Å². The van der Waals surface area contributed by atoms with Crippen molar-refractivity contribution in [2.45, 2.75) is 110 Å². The first-order valence-electron chi connectivity index (χ1n) is 11.3. The Morgan fingerprint density at radius 2 is 1.37 bits per heavy atom. The maximum Gasteiger partial charge on any atom is 0.247 e. The smallest absolute Gasteiger partial charge is 0.247 e. The van der Waals surface area contributed by atoms with E-state index in [-0.39, 0.29) is 16.5 Å². The predicted molar refractivity (Wildman–Crippen MR) is 113 cm³/mol. The van der Waals surface area contributed by atoms with Gasteiger partial charge in [-0.3, -0.25) is 10.1 Å². The molecule has 0 spiro atoms. The molecule has 0 fully saturated rings. The summed E-state index contributed by atoms with van der Waals surface area (Å²) in [5.74, 6) is 1.01. The van der Waals surface area contributed by atoms with Crippen LogP contribution in [-0.4, -0.2) is 11.5 Å². The highest BCUT2D eigenvalue weighted by molar-refractivity contribution is 5.19. The summed E-state index contributed by atoms with van der Waals surface area (Å²) >= 11 is 0. The van der Waals surface area contributed by atoms with Crippen molar-refractivity contribution in [2.24, 2.45) is 5.92 Å². The van der Waals surface area contributed by atoms with E-state index < -0.39 is 0 Å². The van der Waals surface area contributed by atoms with Gasteiger partial charge in [-0.05, 0) is 12.5 Å². The van der Waals surface area contributed by atoms with Gasteiger partial charge in [0.1, 0.15) is 0 Å². The van der Waals surface area contributed by atoms with Crippen molar-refractivity contribution >= 4 is 0 Å². The Hall–Kier alpha value is -1.32. The number of hydrogen-bond donors (Lipinski definition) is 0. The molecule has 0 aromatic heterocycles. The van der Waals surface area contributed by atoms with Crippen molar-refractivity contribution in [3.05, 3.63) is 33.7 Å². The summed E-state index contributed by atoms with van der Waals surface area (Å²) in [7, 11) is 0. The highest BCUT2D eigenvalue weighted by Crippen LogP contribution is 2.26. The molecule has 0 radical (unpaired) electrons. The molecular formula is C23H41NO3.